The zero-order valence-electron chi connectivity index (χ0n) is 10.5. The Morgan fingerprint density at radius 1 is 1.32 bits per heavy atom. The predicted molar refractivity (Wildman–Crippen MR) is 65.0 cm³/mol. The highest BCUT2D eigenvalue weighted by Gasteiger charge is 2.30. The van der Waals surface area contributed by atoms with E-state index >= 15 is 0 Å². The number of hydrogen-bond acceptors (Lipinski definition) is 3. The van der Waals surface area contributed by atoms with Crippen LogP contribution in [0.2, 0.25) is 0 Å². The molecule has 1 fully saturated rings. The van der Waals surface area contributed by atoms with Gasteiger partial charge in [0.05, 0.1) is 12.2 Å². The lowest BCUT2D eigenvalue weighted by atomic mass is 10.0. The van der Waals surface area contributed by atoms with Crippen LogP contribution in [0.4, 0.5) is 13.2 Å². The van der Waals surface area contributed by atoms with E-state index in [1.807, 2.05) is 0 Å². The Morgan fingerprint density at radius 3 is 2.74 bits per heavy atom. The average Bonchev–Trinajstić information content (AvgIpc) is 2.39. The van der Waals surface area contributed by atoms with Crippen LogP contribution in [-0.2, 0) is 6.18 Å². The second-order valence-electron chi connectivity index (χ2n) is 4.67. The maximum absolute atomic E-state index is 12.3. The number of aromatic nitrogens is 1. The van der Waals surface area contributed by atoms with Crippen LogP contribution < -0.4 is 10.1 Å². The predicted octanol–water partition coefficient (Wildman–Crippen LogP) is 3.01. The van der Waals surface area contributed by atoms with E-state index in [9.17, 15) is 13.2 Å². The molecule has 1 aliphatic heterocycles. The van der Waals surface area contributed by atoms with E-state index in [1.54, 1.807) is 0 Å². The molecular formula is C13H17F3N2O. The third kappa shape index (κ3) is 4.38. The van der Waals surface area contributed by atoms with Gasteiger partial charge in [0.1, 0.15) is 0 Å². The van der Waals surface area contributed by atoms with Crippen LogP contribution in [-0.4, -0.2) is 24.2 Å². The third-order valence-electron chi connectivity index (χ3n) is 3.19. The fraction of sp³-hybridized carbons (Fsp3) is 0.615. The number of halogens is 3. The molecule has 2 heterocycles. The molecule has 19 heavy (non-hydrogen) atoms. The Kier molecular flexibility index (Phi) is 4.63. The largest absolute Gasteiger partial charge is 0.478 e. The molecule has 106 valence electrons. The molecule has 0 saturated carbocycles. The van der Waals surface area contributed by atoms with Gasteiger partial charge in [-0.3, -0.25) is 0 Å². The molecule has 1 atom stereocenters. The molecule has 0 aliphatic carbocycles. The van der Waals surface area contributed by atoms with Crippen molar-refractivity contribution >= 4 is 0 Å². The van der Waals surface area contributed by atoms with Crippen molar-refractivity contribution in [3.8, 4) is 5.88 Å². The molecule has 1 aliphatic rings. The number of nitrogens with zero attached hydrogens (tertiary/aromatic N) is 1. The molecule has 1 aromatic rings. The van der Waals surface area contributed by atoms with Gasteiger partial charge in [-0.2, -0.15) is 13.2 Å². The Bertz CT molecular complexity index is 386. The molecule has 3 nitrogen and oxygen atoms in total. The number of pyridine rings is 1. The monoisotopic (exact) mass is 274 g/mol. The van der Waals surface area contributed by atoms with Gasteiger partial charge in [0.25, 0.3) is 0 Å². The first-order valence-electron chi connectivity index (χ1n) is 6.45. The van der Waals surface area contributed by atoms with Crippen LogP contribution in [0.1, 0.15) is 31.2 Å². The molecule has 0 bridgehead atoms. The van der Waals surface area contributed by atoms with Gasteiger partial charge in [-0.1, -0.05) is 6.42 Å². The van der Waals surface area contributed by atoms with Crippen LogP contribution >= 0.6 is 0 Å². The maximum atomic E-state index is 12.3. The molecule has 1 saturated heterocycles. The summed E-state index contributed by atoms with van der Waals surface area (Å²) < 4.78 is 42.3. The number of ether oxygens (including phenoxy) is 1. The first-order valence-corrected chi connectivity index (χ1v) is 6.45. The summed E-state index contributed by atoms with van der Waals surface area (Å²) in [6, 6.07) is 2.70. The van der Waals surface area contributed by atoms with Gasteiger partial charge < -0.3 is 10.1 Å². The van der Waals surface area contributed by atoms with Crippen molar-refractivity contribution in [2.45, 2.75) is 37.9 Å². The summed E-state index contributed by atoms with van der Waals surface area (Å²) in [5.41, 5.74) is -0.756. The van der Waals surface area contributed by atoms with Crippen molar-refractivity contribution in [1.82, 2.24) is 10.3 Å². The smallest absolute Gasteiger partial charge is 0.417 e. The molecular weight excluding hydrogens is 257 g/mol. The third-order valence-corrected chi connectivity index (χ3v) is 3.19. The Morgan fingerprint density at radius 2 is 2.16 bits per heavy atom. The first-order chi connectivity index (χ1) is 9.05. The second-order valence-corrected chi connectivity index (χ2v) is 4.67. The maximum Gasteiger partial charge on any atom is 0.417 e. The normalized spacial score (nSPS) is 20.3. The SMILES string of the molecule is FC(F)(F)c1ccc(OCC[C@H]2CCCCN2)nc1. The van der Waals surface area contributed by atoms with Crippen LogP contribution in [0.3, 0.4) is 0 Å². The Hall–Kier alpha value is -1.30. The Balaban J connectivity index is 1.76. The summed E-state index contributed by atoms with van der Waals surface area (Å²) in [6.07, 6.45) is 0.853. The lowest BCUT2D eigenvalue weighted by Crippen LogP contribution is -2.35. The van der Waals surface area contributed by atoms with Gasteiger partial charge in [-0.05, 0) is 31.9 Å². The standard InChI is InChI=1S/C13H17F3N2O/c14-13(15,16)10-4-5-12(18-9-10)19-8-6-11-3-1-2-7-17-11/h4-5,9,11,17H,1-3,6-8H2/t11-/m1/s1. The number of hydrogen-bond donors (Lipinski definition) is 1. The molecule has 0 radical (unpaired) electrons. The van der Waals surface area contributed by atoms with Gasteiger partial charge >= 0.3 is 6.18 Å². The minimum absolute atomic E-state index is 0.240. The van der Waals surface area contributed by atoms with Crippen molar-refractivity contribution in [2.75, 3.05) is 13.2 Å². The van der Waals surface area contributed by atoms with Crippen molar-refractivity contribution < 1.29 is 17.9 Å². The van der Waals surface area contributed by atoms with E-state index in [4.69, 9.17) is 4.74 Å². The van der Waals surface area contributed by atoms with E-state index < -0.39 is 11.7 Å². The quantitative estimate of drug-likeness (QED) is 0.916. The fourth-order valence-electron chi connectivity index (χ4n) is 2.11. The van der Waals surface area contributed by atoms with E-state index in [0.29, 0.717) is 12.6 Å². The molecule has 0 aromatic carbocycles. The van der Waals surface area contributed by atoms with Gasteiger partial charge in [-0.25, -0.2) is 4.98 Å². The summed E-state index contributed by atoms with van der Waals surface area (Å²) >= 11 is 0. The van der Waals surface area contributed by atoms with Gasteiger partial charge in [0.15, 0.2) is 0 Å². The molecule has 0 amide bonds. The van der Waals surface area contributed by atoms with Crippen LogP contribution in [0.15, 0.2) is 18.3 Å². The average molecular weight is 274 g/mol. The first kappa shape index (κ1) is 14.1. The van der Waals surface area contributed by atoms with E-state index in [1.165, 1.54) is 18.9 Å². The highest BCUT2D eigenvalue weighted by atomic mass is 19.4. The van der Waals surface area contributed by atoms with Gasteiger partial charge in [0.2, 0.25) is 5.88 Å². The van der Waals surface area contributed by atoms with Crippen LogP contribution in [0.25, 0.3) is 0 Å². The van der Waals surface area contributed by atoms with Crippen molar-refractivity contribution in [3.05, 3.63) is 23.9 Å². The molecule has 0 unspecified atom stereocenters. The number of alkyl halides is 3. The molecule has 2 rings (SSSR count). The summed E-state index contributed by atoms with van der Waals surface area (Å²) in [7, 11) is 0. The molecule has 6 heteroatoms. The summed E-state index contributed by atoms with van der Waals surface area (Å²) in [6.45, 7) is 1.50. The zero-order valence-corrected chi connectivity index (χ0v) is 10.5. The van der Waals surface area contributed by atoms with E-state index in [2.05, 4.69) is 10.3 Å². The van der Waals surface area contributed by atoms with E-state index in [-0.39, 0.29) is 5.88 Å². The zero-order chi connectivity index (χ0) is 13.7. The number of nitrogens with one attached hydrogen (secondary N) is 1. The summed E-state index contributed by atoms with van der Waals surface area (Å²) in [5.74, 6) is 0.240. The molecule has 1 aromatic heterocycles. The van der Waals surface area contributed by atoms with Crippen molar-refractivity contribution in [1.29, 1.82) is 0 Å². The summed E-state index contributed by atoms with van der Waals surface area (Å²) in [5, 5.41) is 3.39. The topological polar surface area (TPSA) is 34.1 Å². The Labute approximate surface area is 110 Å². The van der Waals surface area contributed by atoms with Crippen LogP contribution in [0, 0.1) is 0 Å². The van der Waals surface area contributed by atoms with E-state index in [0.717, 1.165) is 31.6 Å². The lowest BCUT2D eigenvalue weighted by Gasteiger charge is -2.23. The molecule has 1 N–H and O–H groups in total. The highest BCUT2D eigenvalue weighted by molar-refractivity contribution is 5.20. The fourth-order valence-corrected chi connectivity index (χ4v) is 2.11. The van der Waals surface area contributed by atoms with Crippen molar-refractivity contribution in [2.24, 2.45) is 0 Å². The van der Waals surface area contributed by atoms with Crippen LogP contribution in [0.5, 0.6) is 5.88 Å². The minimum atomic E-state index is -4.35. The lowest BCUT2D eigenvalue weighted by molar-refractivity contribution is -0.137. The van der Waals surface area contributed by atoms with Crippen molar-refractivity contribution in [3.63, 3.8) is 0 Å². The number of piperidine rings is 1. The molecule has 0 spiro atoms. The van der Waals surface area contributed by atoms with Gasteiger partial charge in [0, 0.05) is 18.3 Å². The van der Waals surface area contributed by atoms with Gasteiger partial charge in [-0.15, -0.1) is 0 Å². The number of rotatable bonds is 4. The highest BCUT2D eigenvalue weighted by Crippen LogP contribution is 2.29. The second kappa shape index (κ2) is 6.23. The summed E-state index contributed by atoms with van der Waals surface area (Å²) in [4.78, 5) is 3.67. The minimum Gasteiger partial charge on any atom is -0.478 e.